The molecule has 0 radical (unpaired) electrons. The van der Waals surface area contributed by atoms with E-state index in [2.05, 4.69) is 33.1 Å². The molecule has 0 saturated carbocycles. The predicted molar refractivity (Wildman–Crippen MR) is 76.2 cm³/mol. The van der Waals surface area contributed by atoms with Gasteiger partial charge in [0, 0.05) is 42.3 Å². The molecule has 2 rings (SSSR count). The second kappa shape index (κ2) is 6.64. The van der Waals surface area contributed by atoms with E-state index in [4.69, 9.17) is 0 Å². The van der Waals surface area contributed by atoms with Crippen LogP contribution >= 0.6 is 15.9 Å². The van der Waals surface area contributed by atoms with Crippen molar-refractivity contribution < 1.29 is 4.39 Å². The summed E-state index contributed by atoms with van der Waals surface area (Å²) in [6, 6.07) is 5.64. The molecule has 0 aliphatic carbocycles. The number of nitrogens with zero attached hydrogens (tertiary/aromatic N) is 1. The molecule has 1 aromatic rings. The molecule has 0 bridgehead atoms. The van der Waals surface area contributed by atoms with E-state index in [0.29, 0.717) is 0 Å². The fourth-order valence-electron chi connectivity index (χ4n) is 2.57. The highest BCUT2D eigenvalue weighted by molar-refractivity contribution is 9.10. The van der Waals surface area contributed by atoms with Crippen LogP contribution in [0.15, 0.2) is 22.7 Å². The Balaban J connectivity index is 2.22. The second-order valence-electron chi connectivity index (χ2n) is 4.76. The molecule has 1 aliphatic heterocycles. The molecule has 0 aromatic heterocycles. The van der Waals surface area contributed by atoms with E-state index in [9.17, 15) is 4.39 Å². The third kappa shape index (κ3) is 3.31. The van der Waals surface area contributed by atoms with Gasteiger partial charge in [0.15, 0.2) is 0 Å². The topological polar surface area (TPSA) is 15.3 Å². The van der Waals surface area contributed by atoms with Crippen molar-refractivity contribution in [3.63, 3.8) is 0 Å². The summed E-state index contributed by atoms with van der Waals surface area (Å²) >= 11 is 3.32. The first-order valence-corrected chi connectivity index (χ1v) is 7.41. The van der Waals surface area contributed by atoms with Gasteiger partial charge in [-0.05, 0) is 18.6 Å². The molecule has 1 fully saturated rings. The van der Waals surface area contributed by atoms with Gasteiger partial charge < -0.3 is 5.32 Å². The zero-order chi connectivity index (χ0) is 13.0. The van der Waals surface area contributed by atoms with E-state index in [1.165, 1.54) is 0 Å². The number of halogens is 2. The quantitative estimate of drug-likeness (QED) is 0.917. The van der Waals surface area contributed by atoms with Crippen molar-refractivity contribution in [3.8, 4) is 0 Å². The number of hydrogen-bond acceptors (Lipinski definition) is 2. The average molecular weight is 315 g/mol. The Kier molecular flexibility index (Phi) is 5.15. The number of benzene rings is 1. The molecule has 0 unspecified atom stereocenters. The van der Waals surface area contributed by atoms with Crippen molar-refractivity contribution >= 4 is 15.9 Å². The van der Waals surface area contributed by atoms with Gasteiger partial charge >= 0.3 is 0 Å². The molecule has 0 spiro atoms. The van der Waals surface area contributed by atoms with E-state index < -0.39 is 0 Å². The third-order valence-electron chi connectivity index (χ3n) is 3.48. The van der Waals surface area contributed by atoms with Gasteiger partial charge in [-0.15, -0.1) is 0 Å². The lowest BCUT2D eigenvalue weighted by atomic mass is 9.99. The third-order valence-corrected chi connectivity index (χ3v) is 3.97. The highest BCUT2D eigenvalue weighted by atomic mass is 79.9. The standard InChI is InChI=1S/C14H20BrFN2/c1-2-3-14(18-8-6-17-7-9-18)12-5-4-11(15)10-13(12)16/h4-5,10,14,17H,2-3,6-9H2,1H3/t14-/m1/s1. The average Bonchev–Trinajstić information content (AvgIpc) is 2.38. The van der Waals surface area contributed by atoms with Crippen molar-refractivity contribution in [2.75, 3.05) is 26.2 Å². The van der Waals surface area contributed by atoms with Crippen LogP contribution in [0, 0.1) is 5.82 Å². The molecule has 100 valence electrons. The van der Waals surface area contributed by atoms with Crippen molar-refractivity contribution in [3.05, 3.63) is 34.1 Å². The fourth-order valence-corrected chi connectivity index (χ4v) is 2.91. The number of piperazine rings is 1. The molecule has 1 saturated heterocycles. The lowest BCUT2D eigenvalue weighted by Crippen LogP contribution is -2.45. The van der Waals surface area contributed by atoms with Gasteiger partial charge in [-0.2, -0.15) is 0 Å². The van der Waals surface area contributed by atoms with Crippen molar-refractivity contribution in [2.45, 2.75) is 25.8 Å². The molecular weight excluding hydrogens is 295 g/mol. The van der Waals surface area contributed by atoms with Gasteiger partial charge in [-0.3, -0.25) is 4.90 Å². The SMILES string of the molecule is CCC[C@H](c1ccc(Br)cc1F)N1CCNCC1. The van der Waals surface area contributed by atoms with Crippen LogP contribution in [0.4, 0.5) is 4.39 Å². The minimum absolute atomic E-state index is 0.0960. The Hall–Kier alpha value is -0.450. The zero-order valence-corrected chi connectivity index (χ0v) is 12.3. The largest absolute Gasteiger partial charge is 0.314 e. The lowest BCUT2D eigenvalue weighted by molar-refractivity contribution is 0.161. The molecule has 1 heterocycles. The summed E-state index contributed by atoms with van der Waals surface area (Å²) in [5.41, 5.74) is 0.835. The summed E-state index contributed by atoms with van der Waals surface area (Å²) < 4.78 is 14.9. The fraction of sp³-hybridized carbons (Fsp3) is 0.571. The number of rotatable bonds is 4. The van der Waals surface area contributed by atoms with Crippen LogP contribution in [-0.4, -0.2) is 31.1 Å². The molecule has 18 heavy (non-hydrogen) atoms. The Morgan fingerprint density at radius 1 is 1.39 bits per heavy atom. The smallest absolute Gasteiger partial charge is 0.129 e. The van der Waals surface area contributed by atoms with Crippen LogP contribution in [0.1, 0.15) is 31.4 Å². The van der Waals surface area contributed by atoms with E-state index in [1.807, 2.05) is 12.1 Å². The first-order chi connectivity index (χ1) is 8.72. The first-order valence-electron chi connectivity index (χ1n) is 6.62. The molecule has 1 atom stereocenters. The molecule has 1 N–H and O–H groups in total. The lowest BCUT2D eigenvalue weighted by Gasteiger charge is -2.35. The predicted octanol–water partition coefficient (Wildman–Crippen LogP) is 3.33. The zero-order valence-electron chi connectivity index (χ0n) is 10.8. The maximum Gasteiger partial charge on any atom is 0.129 e. The van der Waals surface area contributed by atoms with Gasteiger partial charge in [0.05, 0.1) is 0 Å². The molecule has 4 heteroatoms. The van der Waals surface area contributed by atoms with E-state index >= 15 is 0 Å². The minimum Gasteiger partial charge on any atom is -0.314 e. The van der Waals surface area contributed by atoms with Crippen molar-refractivity contribution in [1.29, 1.82) is 0 Å². The Morgan fingerprint density at radius 3 is 2.72 bits per heavy atom. The monoisotopic (exact) mass is 314 g/mol. The van der Waals surface area contributed by atoms with Crippen LogP contribution in [0.2, 0.25) is 0 Å². The van der Waals surface area contributed by atoms with Crippen LogP contribution in [-0.2, 0) is 0 Å². The van der Waals surface area contributed by atoms with Crippen molar-refractivity contribution in [1.82, 2.24) is 10.2 Å². The van der Waals surface area contributed by atoms with E-state index in [1.54, 1.807) is 6.07 Å². The Morgan fingerprint density at radius 2 is 2.11 bits per heavy atom. The summed E-state index contributed by atoms with van der Waals surface area (Å²) in [5, 5.41) is 3.34. The highest BCUT2D eigenvalue weighted by Crippen LogP contribution is 2.29. The number of nitrogens with one attached hydrogen (secondary N) is 1. The Bertz CT molecular complexity index is 391. The normalized spacial score (nSPS) is 18.8. The summed E-state index contributed by atoms with van der Waals surface area (Å²) in [4.78, 5) is 2.40. The highest BCUT2D eigenvalue weighted by Gasteiger charge is 2.23. The van der Waals surface area contributed by atoms with Gasteiger partial charge in [0.1, 0.15) is 5.82 Å². The van der Waals surface area contributed by atoms with Gasteiger partial charge in [-0.1, -0.05) is 35.3 Å². The van der Waals surface area contributed by atoms with Crippen LogP contribution in [0.25, 0.3) is 0 Å². The maximum atomic E-state index is 14.1. The maximum absolute atomic E-state index is 14.1. The number of hydrogen-bond donors (Lipinski definition) is 1. The molecular formula is C14H20BrFN2. The molecule has 2 nitrogen and oxygen atoms in total. The molecule has 1 aromatic carbocycles. The van der Waals surface area contributed by atoms with Gasteiger partial charge in [0.25, 0.3) is 0 Å². The Labute approximate surface area is 117 Å². The van der Waals surface area contributed by atoms with Gasteiger partial charge in [-0.25, -0.2) is 4.39 Å². The summed E-state index contributed by atoms with van der Waals surface area (Å²) in [7, 11) is 0. The summed E-state index contributed by atoms with van der Waals surface area (Å²) in [6.45, 7) is 6.16. The van der Waals surface area contributed by atoms with Gasteiger partial charge in [0.2, 0.25) is 0 Å². The van der Waals surface area contributed by atoms with Crippen molar-refractivity contribution in [2.24, 2.45) is 0 Å². The summed E-state index contributed by atoms with van der Waals surface area (Å²) in [6.07, 6.45) is 2.09. The minimum atomic E-state index is -0.0960. The van der Waals surface area contributed by atoms with E-state index in [0.717, 1.165) is 49.1 Å². The molecule has 1 aliphatic rings. The molecule has 0 amide bonds. The van der Waals surface area contributed by atoms with Crippen LogP contribution in [0.3, 0.4) is 0 Å². The van der Waals surface area contributed by atoms with Crippen LogP contribution < -0.4 is 5.32 Å². The first kappa shape index (κ1) is 14.0. The van der Waals surface area contributed by atoms with Crippen LogP contribution in [0.5, 0.6) is 0 Å². The summed E-state index contributed by atoms with van der Waals surface area (Å²) in [5.74, 6) is -0.0960. The van der Waals surface area contributed by atoms with E-state index in [-0.39, 0.29) is 11.9 Å². The second-order valence-corrected chi connectivity index (χ2v) is 5.67.